The Balaban J connectivity index is 3.09. The molecule has 0 aromatic heterocycles. The van der Waals surface area contributed by atoms with Gasteiger partial charge in [-0.2, -0.15) is 0 Å². The third-order valence-corrected chi connectivity index (χ3v) is 2.40. The van der Waals surface area contributed by atoms with E-state index in [4.69, 9.17) is 4.74 Å². The predicted molar refractivity (Wildman–Crippen MR) is 69.1 cm³/mol. The molecule has 0 atom stereocenters. The molecule has 0 aliphatic rings. The number of hydrogen-bond donors (Lipinski definition) is 2. The minimum Gasteiger partial charge on any atom is -0.456 e. The first-order chi connectivity index (χ1) is 7.70. The normalized spacial score (nSPS) is 11.2. The van der Waals surface area contributed by atoms with Gasteiger partial charge in [-0.3, -0.25) is 0 Å². The number of hydrogen-bond acceptors (Lipinski definition) is 4. The van der Waals surface area contributed by atoms with E-state index < -0.39 is 18.7 Å². The second-order valence-corrected chi connectivity index (χ2v) is 5.52. The van der Waals surface area contributed by atoms with Crippen molar-refractivity contribution in [3.63, 3.8) is 0 Å². The molecule has 0 saturated carbocycles. The molecule has 1 aromatic carbocycles. The Kier molecular flexibility index (Phi) is 4.35. The van der Waals surface area contributed by atoms with E-state index in [9.17, 15) is 14.8 Å². The summed E-state index contributed by atoms with van der Waals surface area (Å²) in [6.45, 7) is 5.25. The van der Waals surface area contributed by atoms with Crippen LogP contribution in [-0.4, -0.2) is 28.7 Å². The van der Waals surface area contributed by atoms with Crippen LogP contribution < -0.4 is 5.46 Å². The monoisotopic (exact) mass is 300 g/mol. The van der Waals surface area contributed by atoms with E-state index in [2.05, 4.69) is 15.9 Å². The first-order valence-electron chi connectivity index (χ1n) is 5.09. The zero-order valence-corrected chi connectivity index (χ0v) is 11.5. The van der Waals surface area contributed by atoms with Crippen molar-refractivity contribution in [2.24, 2.45) is 0 Å². The number of halogens is 1. The van der Waals surface area contributed by atoms with Crippen LogP contribution in [0.1, 0.15) is 31.1 Å². The number of rotatable bonds is 2. The van der Waals surface area contributed by atoms with Gasteiger partial charge in [0.2, 0.25) is 0 Å². The summed E-state index contributed by atoms with van der Waals surface area (Å²) in [4.78, 5) is 11.8. The van der Waals surface area contributed by atoms with E-state index in [0.29, 0.717) is 4.47 Å². The lowest BCUT2D eigenvalue weighted by atomic mass is 9.77. The van der Waals surface area contributed by atoms with Gasteiger partial charge in [0.15, 0.2) is 0 Å². The van der Waals surface area contributed by atoms with Gasteiger partial charge in [0.25, 0.3) is 0 Å². The topological polar surface area (TPSA) is 66.8 Å². The maximum atomic E-state index is 11.8. The summed E-state index contributed by atoms with van der Waals surface area (Å²) >= 11 is 3.20. The number of carbonyl (C=O) groups excluding carboxylic acids is 1. The van der Waals surface area contributed by atoms with Crippen LogP contribution in [0.2, 0.25) is 0 Å². The highest BCUT2D eigenvalue weighted by molar-refractivity contribution is 9.10. The molecule has 17 heavy (non-hydrogen) atoms. The molecule has 0 bridgehead atoms. The Hall–Kier alpha value is -0.845. The molecule has 0 saturated heterocycles. The zero-order chi connectivity index (χ0) is 13.2. The second-order valence-electron chi connectivity index (χ2n) is 4.61. The molecular weight excluding hydrogens is 287 g/mol. The molecular formula is C11H14BBrO4. The van der Waals surface area contributed by atoms with Gasteiger partial charge < -0.3 is 14.8 Å². The first kappa shape index (κ1) is 14.2. The van der Waals surface area contributed by atoms with Gasteiger partial charge in [-0.15, -0.1) is 0 Å². The van der Waals surface area contributed by atoms with Crippen molar-refractivity contribution in [1.29, 1.82) is 0 Å². The molecule has 1 rings (SSSR count). The van der Waals surface area contributed by atoms with Gasteiger partial charge in [0, 0.05) is 4.47 Å². The number of esters is 1. The zero-order valence-electron chi connectivity index (χ0n) is 9.90. The number of carbonyl (C=O) groups is 1. The van der Waals surface area contributed by atoms with Crippen molar-refractivity contribution in [2.45, 2.75) is 26.4 Å². The maximum Gasteiger partial charge on any atom is 0.489 e. The molecule has 0 aliphatic carbocycles. The second kappa shape index (κ2) is 5.20. The highest BCUT2D eigenvalue weighted by Crippen LogP contribution is 2.14. The standard InChI is InChI=1S/C11H14BBrO4/c1-11(2,3)17-10(14)8-5-4-7(13)6-9(8)12(15)16/h4-6,15-16H,1-3H3. The molecule has 0 unspecified atom stereocenters. The molecule has 0 heterocycles. The number of ether oxygens (including phenoxy) is 1. The van der Waals surface area contributed by atoms with E-state index in [1.165, 1.54) is 12.1 Å². The van der Waals surface area contributed by atoms with Crippen molar-refractivity contribution >= 4 is 34.5 Å². The molecule has 0 fully saturated rings. The van der Waals surface area contributed by atoms with E-state index in [1.54, 1.807) is 26.8 Å². The summed E-state index contributed by atoms with van der Waals surface area (Å²) in [5.74, 6) is -0.576. The Morgan fingerprint density at radius 1 is 1.35 bits per heavy atom. The van der Waals surface area contributed by atoms with Crippen LogP contribution in [0.25, 0.3) is 0 Å². The van der Waals surface area contributed by atoms with Crippen LogP contribution in [0.5, 0.6) is 0 Å². The molecule has 0 radical (unpaired) electrons. The van der Waals surface area contributed by atoms with Gasteiger partial charge in [-0.25, -0.2) is 4.79 Å². The van der Waals surface area contributed by atoms with E-state index in [1.807, 2.05) is 0 Å². The largest absolute Gasteiger partial charge is 0.489 e. The van der Waals surface area contributed by atoms with Crippen molar-refractivity contribution in [2.75, 3.05) is 0 Å². The summed E-state index contributed by atoms with van der Waals surface area (Å²) in [5.41, 5.74) is -0.353. The van der Waals surface area contributed by atoms with Gasteiger partial charge in [0.05, 0.1) is 5.56 Å². The molecule has 0 aliphatic heterocycles. The van der Waals surface area contributed by atoms with Crippen LogP contribution in [0.4, 0.5) is 0 Å². The molecule has 4 nitrogen and oxygen atoms in total. The Morgan fingerprint density at radius 3 is 2.41 bits per heavy atom. The highest BCUT2D eigenvalue weighted by Gasteiger charge is 2.24. The van der Waals surface area contributed by atoms with Gasteiger partial charge in [-0.05, 0) is 44.4 Å². The van der Waals surface area contributed by atoms with Crippen molar-refractivity contribution in [3.05, 3.63) is 28.2 Å². The molecule has 92 valence electrons. The lowest BCUT2D eigenvalue weighted by Crippen LogP contribution is -2.36. The Morgan fingerprint density at radius 2 is 1.94 bits per heavy atom. The van der Waals surface area contributed by atoms with Gasteiger partial charge in [0.1, 0.15) is 5.60 Å². The quantitative estimate of drug-likeness (QED) is 0.634. The SMILES string of the molecule is CC(C)(C)OC(=O)c1ccc(Br)cc1B(O)O. The minimum absolute atomic E-state index is 0.119. The average molecular weight is 301 g/mol. The Labute approximate surface area is 109 Å². The molecule has 0 amide bonds. The third kappa shape index (κ3) is 4.14. The number of benzene rings is 1. The average Bonchev–Trinajstić information content (AvgIpc) is 2.14. The molecule has 2 N–H and O–H groups in total. The van der Waals surface area contributed by atoms with E-state index in [0.717, 1.165) is 0 Å². The van der Waals surface area contributed by atoms with Crippen LogP contribution in [-0.2, 0) is 4.74 Å². The van der Waals surface area contributed by atoms with Crippen LogP contribution in [0, 0.1) is 0 Å². The predicted octanol–water partition coefficient (Wildman–Crippen LogP) is 1.08. The first-order valence-corrected chi connectivity index (χ1v) is 5.89. The van der Waals surface area contributed by atoms with Gasteiger partial charge >= 0.3 is 13.1 Å². The van der Waals surface area contributed by atoms with Crippen molar-refractivity contribution < 1.29 is 19.6 Å². The fourth-order valence-corrected chi connectivity index (χ4v) is 1.64. The van der Waals surface area contributed by atoms with Crippen LogP contribution in [0.3, 0.4) is 0 Å². The fraction of sp³-hybridized carbons (Fsp3) is 0.364. The van der Waals surface area contributed by atoms with Crippen molar-refractivity contribution in [3.8, 4) is 0 Å². The van der Waals surface area contributed by atoms with E-state index in [-0.39, 0.29) is 11.0 Å². The third-order valence-electron chi connectivity index (χ3n) is 1.91. The summed E-state index contributed by atoms with van der Waals surface area (Å²) in [7, 11) is -1.71. The smallest absolute Gasteiger partial charge is 0.456 e. The highest BCUT2D eigenvalue weighted by atomic mass is 79.9. The van der Waals surface area contributed by atoms with Crippen LogP contribution >= 0.6 is 15.9 Å². The summed E-state index contributed by atoms with van der Waals surface area (Å²) < 4.78 is 5.84. The summed E-state index contributed by atoms with van der Waals surface area (Å²) in [5, 5.41) is 18.4. The fourth-order valence-electron chi connectivity index (χ4n) is 1.27. The minimum atomic E-state index is -1.71. The molecule has 6 heteroatoms. The lowest BCUT2D eigenvalue weighted by molar-refractivity contribution is 0.00706. The summed E-state index contributed by atoms with van der Waals surface area (Å²) in [6, 6.07) is 4.61. The maximum absolute atomic E-state index is 11.8. The van der Waals surface area contributed by atoms with Gasteiger partial charge in [-0.1, -0.05) is 15.9 Å². The van der Waals surface area contributed by atoms with E-state index >= 15 is 0 Å². The lowest BCUT2D eigenvalue weighted by Gasteiger charge is -2.20. The van der Waals surface area contributed by atoms with Crippen LogP contribution in [0.15, 0.2) is 22.7 Å². The molecule has 0 spiro atoms. The molecule has 1 aromatic rings. The summed E-state index contributed by atoms with van der Waals surface area (Å²) in [6.07, 6.45) is 0. The Bertz CT molecular complexity index is 426. The van der Waals surface area contributed by atoms with Crippen molar-refractivity contribution in [1.82, 2.24) is 0 Å².